The molecule has 0 aromatic heterocycles. The number of halogens is 1. The molecule has 144 valence electrons. The van der Waals surface area contributed by atoms with Gasteiger partial charge in [-0.25, -0.2) is 0 Å². The minimum absolute atomic E-state index is 0. The first-order chi connectivity index (χ1) is 11.2. The second kappa shape index (κ2) is 6.33. The van der Waals surface area contributed by atoms with E-state index in [1.54, 1.807) is 0 Å². The lowest BCUT2D eigenvalue weighted by molar-refractivity contribution is -0.893. The average molecular weight is 463 g/mol. The quantitative estimate of drug-likeness (QED) is 0.255. The van der Waals surface area contributed by atoms with E-state index in [0.29, 0.717) is 17.8 Å². The Morgan fingerprint density at radius 1 is 1.20 bits per heavy atom. The van der Waals surface area contributed by atoms with Crippen LogP contribution in [0.25, 0.3) is 0 Å². The molecule has 2 heterocycles. The molecule has 2 aliphatic heterocycles. The molecule has 4 nitrogen and oxygen atoms in total. The van der Waals surface area contributed by atoms with E-state index in [0.717, 1.165) is 43.3 Å². The zero-order valence-electron chi connectivity index (χ0n) is 16.4. The maximum absolute atomic E-state index is 13.0. The molecule has 0 radical (unpaired) electrons. The van der Waals surface area contributed by atoms with Crippen LogP contribution in [0.4, 0.5) is 0 Å². The summed E-state index contributed by atoms with van der Waals surface area (Å²) in [6, 6.07) is 0. The molecule has 7 atom stereocenters. The van der Waals surface area contributed by atoms with Crippen LogP contribution in [0.2, 0.25) is 0 Å². The van der Waals surface area contributed by atoms with Crippen molar-refractivity contribution < 1.29 is 42.7 Å². The van der Waals surface area contributed by atoms with Crippen molar-refractivity contribution in [1.29, 1.82) is 0 Å². The van der Waals surface area contributed by atoms with E-state index in [4.69, 9.17) is 9.47 Å². The summed E-state index contributed by atoms with van der Waals surface area (Å²) in [5.41, 5.74) is -0.354. The van der Waals surface area contributed by atoms with E-state index in [-0.39, 0.29) is 53.2 Å². The van der Waals surface area contributed by atoms with E-state index >= 15 is 0 Å². The Bertz CT molecular complexity index is 553. The van der Waals surface area contributed by atoms with Gasteiger partial charge < -0.3 is 37.9 Å². The highest BCUT2D eigenvalue weighted by atomic mass is 127. The Kier molecular flexibility index (Phi) is 5.03. The fraction of sp³-hybridized carbons (Fsp3) is 0.950. The summed E-state index contributed by atoms with van der Waals surface area (Å²) in [4.78, 5) is 13.0. The molecule has 4 rings (SSSR count). The van der Waals surface area contributed by atoms with Gasteiger partial charge >= 0.3 is 5.97 Å². The van der Waals surface area contributed by atoms with E-state index in [1.165, 1.54) is 6.42 Å². The lowest BCUT2D eigenvalue weighted by Crippen LogP contribution is -3.00. The van der Waals surface area contributed by atoms with Gasteiger partial charge in [0.1, 0.15) is 17.6 Å². The predicted molar refractivity (Wildman–Crippen MR) is 92.3 cm³/mol. The Morgan fingerprint density at radius 2 is 1.92 bits per heavy atom. The van der Waals surface area contributed by atoms with Crippen LogP contribution < -0.4 is 24.0 Å². The van der Waals surface area contributed by atoms with Gasteiger partial charge in [0.15, 0.2) is 0 Å². The van der Waals surface area contributed by atoms with E-state index in [9.17, 15) is 4.79 Å². The number of quaternary nitrogens is 1. The van der Waals surface area contributed by atoms with Gasteiger partial charge in [-0.3, -0.25) is 4.79 Å². The van der Waals surface area contributed by atoms with Crippen LogP contribution in [0.5, 0.6) is 0 Å². The summed E-state index contributed by atoms with van der Waals surface area (Å²) >= 11 is 0. The number of hydrogen-bond donors (Lipinski definition) is 0. The van der Waals surface area contributed by atoms with Crippen molar-refractivity contribution in [3.63, 3.8) is 0 Å². The summed E-state index contributed by atoms with van der Waals surface area (Å²) in [7, 11) is 4.51. The Morgan fingerprint density at radius 3 is 2.60 bits per heavy atom. The van der Waals surface area contributed by atoms with Gasteiger partial charge in [0, 0.05) is 11.8 Å². The van der Waals surface area contributed by atoms with E-state index in [1.807, 2.05) is 0 Å². The number of esters is 1. The lowest BCUT2D eigenvalue weighted by Gasteiger charge is -2.50. The second-order valence-electron chi connectivity index (χ2n) is 9.84. The maximum Gasteiger partial charge on any atom is 0.315 e. The molecular weight excluding hydrogens is 429 g/mol. The SMILES string of the molecule is CCC[N+](C)(C)CC1C(=O)O[C@@]23C1CC[C@H](C)C2CC[C@@]1(C)O[C@@H]31.[I-]. The Balaban J connectivity index is 0.00000182. The van der Waals surface area contributed by atoms with Gasteiger partial charge in [-0.1, -0.05) is 13.8 Å². The molecule has 2 aliphatic carbocycles. The molecule has 5 heteroatoms. The van der Waals surface area contributed by atoms with E-state index in [2.05, 4.69) is 34.9 Å². The zero-order chi connectivity index (χ0) is 17.3. The van der Waals surface area contributed by atoms with Crippen molar-refractivity contribution in [3.05, 3.63) is 0 Å². The molecule has 0 aromatic carbocycles. The van der Waals surface area contributed by atoms with Crippen molar-refractivity contribution in [1.82, 2.24) is 0 Å². The van der Waals surface area contributed by atoms with Crippen LogP contribution in [-0.2, 0) is 14.3 Å². The Labute approximate surface area is 169 Å². The van der Waals surface area contributed by atoms with Crippen molar-refractivity contribution in [2.24, 2.45) is 23.7 Å². The molecule has 4 fully saturated rings. The smallest absolute Gasteiger partial charge is 0.315 e. The summed E-state index contributed by atoms with van der Waals surface area (Å²) in [5, 5.41) is 0. The molecule has 3 unspecified atom stereocenters. The second-order valence-corrected chi connectivity index (χ2v) is 9.84. The largest absolute Gasteiger partial charge is 1.00 e. The standard InChI is InChI=1S/C20H34NO3.HI/c1-6-11-21(4,5)12-14-16-8-7-13(2)15-9-10-19(3)18(24-19)20(15,16)23-17(14)22;/h13-16,18H,6-12H2,1-5H3;1H/q+1;/p-1/t13-,14?,15?,16?,18+,19+,20+;/m0./s1. The molecular formula is C20H34INO3. The fourth-order valence-electron chi connectivity index (χ4n) is 6.49. The number of nitrogens with zero attached hydrogens (tertiary/aromatic N) is 1. The van der Waals surface area contributed by atoms with Gasteiger partial charge in [-0.15, -0.1) is 0 Å². The maximum atomic E-state index is 13.0. The number of hydrogen-bond acceptors (Lipinski definition) is 3. The molecule has 2 saturated heterocycles. The summed E-state index contributed by atoms with van der Waals surface area (Å²) < 4.78 is 13.4. The van der Waals surface area contributed by atoms with Crippen LogP contribution in [0.1, 0.15) is 52.9 Å². The number of rotatable bonds is 4. The van der Waals surface area contributed by atoms with Crippen molar-refractivity contribution >= 4 is 5.97 Å². The molecule has 0 N–H and O–H groups in total. The van der Waals surface area contributed by atoms with Crippen molar-refractivity contribution in [2.45, 2.75) is 70.2 Å². The normalized spacial score (nSPS) is 47.9. The van der Waals surface area contributed by atoms with Crippen molar-refractivity contribution in [3.8, 4) is 0 Å². The van der Waals surface area contributed by atoms with Crippen LogP contribution in [0.15, 0.2) is 0 Å². The van der Waals surface area contributed by atoms with Crippen LogP contribution >= 0.6 is 0 Å². The highest BCUT2D eigenvalue weighted by Gasteiger charge is 2.77. The first kappa shape index (κ1) is 19.9. The highest BCUT2D eigenvalue weighted by molar-refractivity contribution is 5.77. The number of epoxide rings is 1. The van der Waals surface area contributed by atoms with Gasteiger partial charge in [-0.2, -0.15) is 0 Å². The fourth-order valence-corrected chi connectivity index (χ4v) is 6.49. The monoisotopic (exact) mass is 463 g/mol. The molecule has 25 heavy (non-hydrogen) atoms. The van der Waals surface area contributed by atoms with Crippen LogP contribution in [-0.4, -0.2) is 54.9 Å². The van der Waals surface area contributed by atoms with Gasteiger partial charge in [0.05, 0.1) is 32.8 Å². The van der Waals surface area contributed by atoms with Gasteiger partial charge in [-0.05, 0) is 44.9 Å². The molecule has 2 saturated carbocycles. The highest BCUT2D eigenvalue weighted by Crippen LogP contribution is 2.66. The number of fused-ring (bicyclic) bond motifs is 1. The van der Waals surface area contributed by atoms with Gasteiger partial charge in [0.2, 0.25) is 0 Å². The molecule has 0 aromatic rings. The lowest BCUT2D eigenvalue weighted by atomic mass is 9.55. The molecule has 0 amide bonds. The van der Waals surface area contributed by atoms with E-state index < -0.39 is 0 Å². The zero-order valence-corrected chi connectivity index (χ0v) is 18.5. The number of carbonyl (C=O) groups excluding carboxylic acids is 1. The van der Waals surface area contributed by atoms with Crippen molar-refractivity contribution in [2.75, 3.05) is 27.2 Å². The topological polar surface area (TPSA) is 38.8 Å². The molecule has 0 bridgehead atoms. The summed E-state index contributed by atoms with van der Waals surface area (Å²) in [6.45, 7) is 8.81. The third-order valence-electron chi connectivity index (χ3n) is 7.61. The summed E-state index contributed by atoms with van der Waals surface area (Å²) in [6.07, 6.45) is 5.92. The first-order valence-corrected chi connectivity index (χ1v) is 9.96. The average Bonchev–Trinajstić information content (AvgIpc) is 3.11. The molecule has 1 spiro atoms. The van der Waals surface area contributed by atoms with Gasteiger partial charge in [0.25, 0.3) is 0 Å². The van der Waals surface area contributed by atoms with Crippen LogP contribution in [0, 0.1) is 23.7 Å². The first-order valence-electron chi connectivity index (χ1n) is 9.96. The minimum Gasteiger partial charge on any atom is -1.00 e. The Hall–Kier alpha value is 0.120. The number of ether oxygens (including phenoxy) is 2. The summed E-state index contributed by atoms with van der Waals surface area (Å²) in [5.74, 6) is 1.59. The van der Waals surface area contributed by atoms with Crippen LogP contribution in [0.3, 0.4) is 0 Å². The third-order valence-corrected chi connectivity index (χ3v) is 7.61. The predicted octanol–water partition coefficient (Wildman–Crippen LogP) is 0.00220. The minimum atomic E-state index is -0.321. The molecule has 4 aliphatic rings. The third kappa shape index (κ3) is 2.87. The number of carbonyl (C=O) groups is 1.